The molecule has 2 atom stereocenters. The number of rotatable bonds is 1. The molecule has 0 aliphatic carbocycles. The minimum atomic E-state index is -0.305. The maximum atomic E-state index is 6.52. The molecule has 0 amide bonds. The van der Waals surface area contributed by atoms with Gasteiger partial charge in [-0.25, -0.2) is 0 Å². The summed E-state index contributed by atoms with van der Waals surface area (Å²) in [6.07, 6.45) is 2.81. The third kappa shape index (κ3) is 1.41. The van der Waals surface area contributed by atoms with E-state index in [4.69, 9.17) is 9.47 Å². The summed E-state index contributed by atoms with van der Waals surface area (Å²) in [5.74, 6) is 0.416. The highest BCUT2D eigenvalue weighted by atomic mass is 16.6. The first kappa shape index (κ1) is 12.1. The highest BCUT2D eigenvalue weighted by molar-refractivity contribution is 5.42. The molecule has 2 aliphatic heterocycles. The highest BCUT2D eigenvalue weighted by Gasteiger charge is 2.55. The number of aryl methyl sites for hydroxylation is 1. The van der Waals surface area contributed by atoms with Gasteiger partial charge < -0.3 is 9.47 Å². The van der Waals surface area contributed by atoms with Gasteiger partial charge in [0.05, 0.1) is 17.9 Å². The number of hydrogen-bond acceptors (Lipinski definition) is 3. The molecule has 3 nitrogen and oxygen atoms in total. The zero-order chi connectivity index (χ0) is 13.0. The summed E-state index contributed by atoms with van der Waals surface area (Å²) in [6.45, 7) is 10.2. The molecule has 1 aromatic rings. The molecule has 0 aromatic carbocycles. The zero-order valence-electron chi connectivity index (χ0n) is 11.6. The van der Waals surface area contributed by atoms with E-state index in [0.717, 1.165) is 18.7 Å². The van der Waals surface area contributed by atoms with E-state index in [0.29, 0.717) is 12.5 Å². The maximum Gasteiger partial charge on any atom is 0.137 e. The number of ether oxygens (including phenoxy) is 2. The van der Waals surface area contributed by atoms with Crippen molar-refractivity contribution in [3.8, 4) is 0 Å². The average Bonchev–Trinajstić information content (AvgIpc) is 2.86. The Kier molecular flexibility index (Phi) is 2.55. The van der Waals surface area contributed by atoms with Crippen LogP contribution in [0.1, 0.15) is 44.0 Å². The molecule has 1 fully saturated rings. The van der Waals surface area contributed by atoms with Gasteiger partial charge in [0.1, 0.15) is 5.60 Å². The van der Waals surface area contributed by atoms with Crippen molar-refractivity contribution in [3.05, 3.63) is 29.1 Å². The SMILES string of the molecule is Cc1ccnc2c1C(C)(C(C)C)OC21CCOC1. The summed E-state index contributed by atoms with van der Waals surface area (Å²) in [6, 6.07) is 2.08. The lowest BCUT2D eigenvalue weighted by atomic mass is 9.82. The van der Waals surface area contributed by atoms with Gasteiger partial charge in [0.15, 0.2) is 0 Å². The van der Waals surface area contributed by atoms with Crippen LogP contribution >= 0.6 is 0 Å². The Morgan fingerprint density at radius 2 is 2.17 bits per heavy atom. The Morgan fingerprint density at radius 3 is 2.78 bits per heavy atom. The second-order valence-electron chi connectivity index (χ2n) is 6.01. The summed E-state index contributed by atoms with van der Waals surface area (Å²) < 4.78 is 12.1. The topological polar surface area (TPSA) is 31.4 Å². The van der Waals surface area contributed by atoms with E-state index in [2.05, 4.69) is 38.7 Å². The molecular weight excluding hydrogens is 226 g/mol. The molecule has 1 spiro atoms. The molecule has 1 aromatic heterocycles. The number of fused-ring (bicyclic) bond motifs is 2. The van der Waals surface area contributed by atoms with E-state index < -0.39 is 0 Å². The van der Waals surface area contributed by atoms with Crippen molar-refractivity contribution in [2.45, 2.75) is 45.3 Å². The van der Waals surface area contributed by atoms with Gasteiger partial charge >= 0.3 is 0 Å². The molecule has 18 heavy (non-hydrogen) atoms. The first-order valence-corrected chi connectivity index (χ1v) is 6.74. The fourth-order valence-electron chi connectivity index (χ4n) is 3.26. The van der Waals surface area contributed by atoms with E-state index >= 15 is 0 Å². The lowest BCUT2D eigenvalue weighted by Gasteiger charge is -2.33. The summed E-state index contributed by atoms with van der Waals surface area (Å²) in [5.41, 5.74) is 3.11. The molecule has 3 heteroatoms. The fraction of sp³-hybridized carbons (Fsp3) is 0.667. The highest BCUT2D eigenvalue weighted by Crippen LogP contribution is 2.53. The summed E-state index contributed by atoms with van der Waals surface area (Å²) in [4.78, 5) is 4.63. The molecule has 0 bridgehead atoms. The predicted octanol–water partition coefficient (Wildman–Crippen LogP) is 2.91. The molecule has 98 valence electrons. The van der Waals surface area contributed by atoms with Gasteiger partial charge in [-0.15, -0.1) is 0 Å². The standard InChI is InChI=1S/C15H21NO2/c1-10(2)14(4)12-11(3)5-7-16-13(12)15(18-14)6-8-17-9-15/h5,7,10H,6,8-9H2,1-4H3. The third-order valence-electron chi connectivity index (χ3n) is 4.58. The van der Waals surface area contributed by atoms with Crippen molar-refractivity contribution in [1.29, 1.82) is 0 Å². The second-order valence-corrected chi connectivity index (χ2v) is 6.01. The van der Waals surface area contributed by atoms with Gasteiger partial charge in [0.25, 0.3) is 0 Å². The zero-order valence-corrected chi connectivity index (χ0v) is 11.6. The molecule has 2 unspecified atom stereocenters. The Labute approximate surface area is 109 Å². The van der Waals surface area contributed by atoms with E-state index in [9.17, 15) is 0 Å². The Morgan fingerprint density at radius 1 is 1.39 bits per heavy atom. The van der Waals surface area contributed by atoms with Gasteiger partial charge in [0.2, 0.25) is 0 Å². The van der Waals surface area contributed by atoms with Gasteiger partial charge in [0, 0.05) is 24.8 Å². The Balaban J connectivity index is 2.22. The van der Waals surface area contributed by atoms with Gasteiger partial charge in [-0.1, -0.05) is 13.8 Å². The number of aromatic nitrogens is 1. The molecule has 2 aliphatic rings. The van der Waals surface area contributed by atoms with Crippen LogP contribution in [-0.4, -0.2) is 18.2 Å². The predicted molar refractivity (Wildman–Crippen MR) is 69.4 cm³/mol. The number of nitrogens with zero attached hydrogens (tertiary/aromatic N) is 1. The van der Waals surface area contributed by atoms with Crippen molar-refractivity contribution in [2.75, 3.05) is 13.2 Å². The third-order valence-corrected chi connectivity index (χ3v) is 4.58. The number of hydrogen-bond donors (Lipinski definition) is 0. The van der Waals surface area contributed by atoms with Gasteiger partial charge in [-0.3, -0.25) is 4.98 Å². The van der Waals surface area contributed by atoms with Crippen LogP contribution in [-0.2, 0) is 20.7 Å². The van der Waals surface area contributed by atoms with Gasteiger partial charge in [-0.05, 0) is 31.4 Å². The van der Waals surface area contributed by atoms with E-state index in [1.165, 1.54) is 11.1 Å². The summed E-state index contributed by atoms with van der Waals surface area (Å²) in [7, 11) is 0. The molecule has 3 heterocycles. The van der Waals surface area contributed by atoms with Crippen LogP contribution in [0.2, 0.25) is 0 Å². The summed E-state index contributed by atoms with van der Waals surface area (Å²) in [5, 5.41) is 0. The molecule has 0 radical (unpaired) electrons. The maximum absolute atomic E-state index is 6.52. The van der Waals surface area contributed by atoms with Crippen LogP contribution in [0.15, 0.2) is 12.3 Å². The first-order valence-electron chi connectivity index (χ1n) is 6.74. The first-order chi connectivity index (χ1) is 8.50. The average molecular weight is 247 g/mol. The fourth-order valence-corrected chi connectivity index (χ4v) is 3.26. The van der Waals surface area contributed by atoms with E-state index in [1.54, 1.807) is 0 Å². The lowest BCUT2D eigenvalue weighted by Crippen LogP contribution is -2.34. The van der Waals surface area contributed by atoms with Crippen molar-refractivity contribution in [3.63, 3.8) is 0 Å². The minimum Gasteiger partial charge on any atom is -0.378 e. The Bertz CT molecular complexity index is 477. The van der Waals surface area contributed by atoms with Crippen LogP contribution in [0.4, 0.5) is 0 Å². The molecular formula is C15H21NO2. The van der Waals surface area contributed by atoms with Crippen LogP contribution in [0, 0.1) is 12.8 Å². The van der Waals surface area contributed by atoms with Crippen LogP contribution < -0.4 is 0 Å². The quantitative estimate of drug-likeness (QED) is 0.764. The smallest absolute Gasteiger partial charge is 0.137 e. The normalized spacial score (nSPS) is 34.5. The molecule has 3 rings (SSSR count). The minimum absolute atomic E-state index is 0.249. The lowest BCUT2D eigenvalue weighted by molar-refractivity contribution is -0.156. The largest absolute Gasteiger partial charge is 0.378 e. The van der Waals surface area contributed by atoms with Crippen molar-refractivity contribution in [2.24, 2.45) is 5.92 Å². The van der Waals surface area contributed by atoms with Gasteiger partial charge in [-0.2, -0.15) is 0 Å². The van der Waals surface area contributed by atoms with Crippen molar-refractivity contribution >= 4 is 0 Å². The van der Waals surface area contributed by atoms with Crippen LogP contribution in [0.5, 0.6) is 0 Å². The number of pyridine rings is 1. The monoisotopic (exact) mass is 247 g/mol. The van der Waals surface area contributed by atoms with Crippen molar-refractivity contribution in [1.82, 2.24) is 4.98 Å². The molecule has 0 saturated carbocycles. The summed E-state index contributed by atoms with van der Waals surface area (Å²) >= 11 is 0. The van der Waals surface area contributed by atoms with Crippen LogP contribution in [0.25, 0.3) is 0 Å². The van der Waals surface area contributed by atoms with Crippen LogP contribution in [0.3, 0.4) is 0 Å². The second kappa shape index (κ2) is 3.78. The molecule has 1 saturated heterocycles. The van der Waals surface area contributed by atoms with E-state index in [1.807, 2.05) is 6.20 Å². The van der Waals surface area contributed by atoms with Crippen molar-refractivity contribution < 1.29 is 9.47 Å². The van der Waals surface area contributed by atoms with E-state index in [-0.39, 0.29) is 11.2 Å². The Hall–Kier alpha value is -0.930. The molecule has 0 N–H and O–H groups in total.